The van der Waals surface area contributed by atoms with Crippen LogP contribution in [0, 0.1) is 0 Å². The molecule has 0 aliphatic rings. The standard InChI is InChI=1S/C12H18N2O4S2/c1-8(5-6-19-2)14-20(17,18)11-4-3-9(12(15)16)7-10(11)13/h3-4,7-8,14H,5-6,13H2,1-2H3,(H,15,16). The second-order valence-corrected chi connectivity index (χ2v) is 7.03. The predicted octanol–water partition coefficient (Wildman–Crippen LogP) is 1.39. The number of carboxylic acid groups (broad SMARTS) is 1. The zero-order chi connectivity index (χ0) is 15.3. The third-order valence-electron chi connectivity index (χ3n) is 2.66. The molecule has 0 fully saturated rings. The van der Waals surface area contributed by atoms with E-state index in [-0.39, 0.29) is 22.2 Å². The van der Waals surface area contributed by atoms with Crippen LogP contribution in [0.3, 0.4) is 0 Å². The van der Waals surface area contributed by atoms with Gasteiger partial charge < -0.3 is 10.8 Å². The molecule has 1 atom stereocenters. The number of carboxylic acids is 1. The maximum absolute atomic E-state index is 12.2. The number of sulfonamides is 1. The lowest BCUT2D eigenvalue weighted by atomic mass is 10.2. The number of rotatable bonds is 7. The van der Waals surface area contributed by atoms with Crippen LogP contribution < -0.4 is 10.5 Å². The van der Waals surface area contributed by atoms with Crippen molar-refractivity contribution in [2.75, 3.05) is 17.7 Å². The molecule has 0 spiro atoms. The lowest BCUT2D eigenvalue weighted by molar-refractivity contribution is 0.0697. The molecule has 0 saturated heterocycles. The molecule has 0 heterocycles. The Hall–Kier alpha value is -1.25. The molecular weight excluding hydrogens is 300 g/mol. The number of nitrogens with two attached hydrogens (primary N) is 1. The summed E-state index contributed by atoms with van der Waals surface area (Å²) >= 11 is 1.64. The summed E-state index contributed by atoms with van der Waals surface area (Å²) in [6.45, 7) is 1.77. The summed E-state index contributed by atoms with van der Waals surface area (Å²) in [4.78, 5) is 10.7. The second kappa shape index (κ2) is 6.96. The molecule has 20 heavy (non-hydrogen) atoms. The van der Waals surface area contributed by atoms with E-state index in [4.69, 9.17) is 10.8 Å². The minimum absolute atomic E-state index is 0.0446. The molecule has 0 saturated carbocycles. The van der Waals surface area contributed by atoms with Crippen molar-refractivity contribution in [3.8, 4) is 0 Å². The number of hydrogen-bond acceptors (Lipinski definition) is 5. The molecule has 112 valence electrons. The Morgan fingerprint density at radius 3 is 2.65 bits per heavy atom. The topological polar surface area (TPSA) is 109 Å². The van der Waals surface area contributed by atoms with E-state index in [1.165, 1.54) is 12.1 Å². The monoisotopic (exact) mass is 318 g/mol. The van der Waals surface area contributed by atoms with E-state index < -0.39 is 16.0 Å². The summed E-state index contributed by atoms with van der Waals surface area (Å²) in [6, 6.07) is 3.36. The van der Waals surface area contributed by atoms with E-state index in [1.807, 2.05) is 6.26 Å². The van der Waals surface area contributed by atoms with Crippen LogP contribution in [0.2, 0.25) is 0 Å². The fourth-order valence-electron chi connectivity index (χ4n) is 1.61. The Labute approximate surface area is 122 Å². The summed E-state index contributed by atoms with van der Waals surface area (Å²) in [7, 11) is -3.74. The molecule has 0 radical (unpaired) electrons. The van der Waals surface area contributed by atoms with E-state index in [0.717, 1.165) is 11.8 Å². The van der Waals surface area contributed by atoms with Gasteiger partial charge in [0.15, 0.2) is 0 Å². The first-order valence-electron chi connectivity index (χ1n) is 5.92. The van der Waals surface area contributed by atoms with E-state index in [9.17, 15) is 13.2 Å². The molecule has 0 bridgehead atoms. The van der Waals surface area contributed by atoms with Gasteiger partial charge in [-0.05, 0) is 43.6 Å². The number of aromatic carboxylic acids is 1. The van der Waals surface area contributed by atoms with Crippen molar-refractivity contribution >= 4 is 33.4 Å². The Kier molecular flexibility index (Phi) is 5.85. The van der Waals surface area contributed by atoms with Crippen molar-refractivity contribution in [1.29, 1.82) is 0 Å². The maximum atomic E-state index is 12.2. The Balaban J connectivity index is 2.95. The van der Waals surface area contributed by atoms with Gasteiger partial charge in [0, 0.05) is 6.04 Å². The maximum Gasteiger partial charge on any atom is 0.335 e. The third kappa shape index (κ3) is 4.39. The molecule has 1 aromatic rings. The molecular formula is C12H18N2O4S2. The van der Waals surface area contributed by atoms with Gasteiger partial charge in [-0.1, -0.05) is 0 Å². The van der Waals surface area contributed by atoms with Crippen LogP contribution in [-0.4, -0.2) is 37.5 Å². The lowest BCUT2D eigenvalue weighted by Crippen LogP contribution is -2.33. The molecule has 4 N–H and O–H groups in total. The van der Waals surface area contributed by atoms with Crippen molar-refractivity contribution in [1.82, 2.24) is 4.72 Å². The number of nitrogens with one attached hydrogen (secondary N) is 1. The fourth-order valence-corrected chi connectivity index (χ4v) is 3.59. The van der Waals surface area contributed by atoms with E-state index >= 15 is 0 Å². The quantitative estimate of drug-likeness (QED) is 0.655. The highest BCUT2D eigenvalue weighted by atomic mass is 32.2. The average Bonchev–Trinajstić information content (AvgIpc) is 2.35. The predicted molar refractivity (Wildman–Crippen MR) is 80.6 cm³/mol. The SMILES string of the molecule is CSCCC(C)NS(=O)(=O)c1ccc(C(=O)O)cc1N. The Morgan fingerprint density at radius 1 is 1.50 bits per heavy atom. The number of carbonyl (C=O) groups is 1. The van der Waals surface area contributed by atoms with Crippen LogP contribution in [-0.2, 0) is 10.0 Å². The first-order valence-corrected chi connectivity index (χ1v) is 8.79. The molecule has 0 aromatic heterocycles. The minimum Gasteiger partial charge on any atom is -0.478 e. The third-order valence-corrected chi connectivity index (χ3v) is 4.97. The number of benzene rings is 1. The first-order chi connectivity index (χ1) is 9.27. The van der Waals surface area contributed by atoms with Gasteiger partial charge >= 0.3 is 5.97 Å². The van der Waals surface area contributed by atoms with Crippen LogP contribution in [0.5, 0.6) is 0 Å². The Morgan fingerprint density at radius 2 is 2.15 bits per heavy atom. The molecule has 1 unspecified atom stereocenters. The molecule has 6 nitrogen and oxygen atoms in total. The van der Waals surface area contributed by atoms with E-state index in [0.29, 0.717) is 6.42 Å². The van der Waals surface area contributed by atoms with Crippen molar-refractivity contribution in [2.24, 2.45) is 0 Å². The largest absolute Gasteiger partial charge is 0.478 e. The molecule has 1 rings (SSSR count). The van der Waals surface area contributed by atoms with Crippen molar-refractivity contribution in [3.05, 3.63) is 23.8 Å². The molecule has 8 heteroatoms. The number of hydrogen-bond donors (Lipinski definition) is 3. The van der Waals surface area contributed by atoms with Crippen LogP contribution in [0.25, 0.3) is 0 Å². The highest BCUT2D eigenvalue weighted by Gasteiger charge is 2.20. The van der Waals surface area contributed by atoms with Gasteiger partial charge in [0.05, 0.1) is 11.3 Å². The average molecular weight is 318 g/mol. The van der Waals surface area contributed by atoms with Crippen molar-refractivity contribution in [3.63, 3.8) is 0 Å². The second-order valence-electron chi connectivity index (χ2n) is 4.36. The van der Waals surface area contributed by atoms with Gasteiger partial charge in [0.25, 0.3) is 0 Å². The molecule has 0 aliphatic heterocycles. The number of nitrogen functional groups attached to an aromatic ring is 1. The zero-order valence-electron chi connectivity index (χ0n) is 11.3. The van der Waals surface area contributed by atoms with E-state index in [2.05, 4.69) is 4.72 Å². The smallest absolute Gasteiger partial charge is 0.335 e. The Bertz CT molecular complexity index is 587. The van der Waals surface area contributed by atoms with Crippen LogP contribution in [0.15, 0.2) is 23.1 Å². The summed E-state index contributed by atoms with van der Waals surface area (Å²) in [5.74, 6) is -0.307. The summed E-state index contributed by atoms with van der Waals surface area (Å²) in [5, 5.41) is 8.82. The lowest BCUT2D eigenvalue weighted by Gasteiger charge is -2.15. The van der Waals surface area contributed by atoms with Crippen molar-refractivity contribution in [2.45, 2.75) is 24.3 Å². The highest BCUT2D eigenvalue weighted by molar-refractivity contribution is 7.98. The molecule has 0 amide bonds. The summed E-state index contributed by atoms with van der Waals surface area (Å²) in [5.41, 5.74) is 5.52. The fraction of sp³-hybridized carbons (Fsp3) is 0.417. The minimum atomic E-state index is -3.74. The van der Waals surface area contributed by atoms with Gasteiger partial charge in [0.2, 0.25) is 10.0 Å². The number of thioether (sulfide) groups is 1. The normalized spacial score (nSPS) is 13.1. The number of anilines is 1. The van der Waals surface area contributed by atoms with Gasteiger partial charge in [0.1, 0.15) is 4.90 Å². The molecule has 1 aromatic carbocycles. The van der Waals surface area contributed by atoms with Gasteiger partial charge in [-0.25, -0.2) is 17.9 Å². The van der Waals surface area contributed by atoms with Crippen LogP contribution in [0.4, 0.5) is 5.69 Å². The molecule has 0 aliphatic carbocycles. The zero-order valence-corrected chi connectivity index (χ0v) is 12.9. The van der Waals surface area contributed by atoms with Gasteiger partial charge in [-0.3, -0.25) is 0 Å². The van der Waals surface area contributed by atoms with Crippen molar-refractivity contribution < 1.29 is 18.3 Å². The highest BCUT2D eigenvalue weighted by Crippen LogP contribution is 2.20. The summed E-state index contributed by atoms with van der Waals surface area (Å²) in [6.07, 6.45) is 2.65. The van der Waals surface area contributed by atoms with Gasteiger partial charge in [-0.2, -0.15) is 11.8 Å². The van der Waals surface area contributed by atoms with Gasteiger partial charge in [-0.15, -0.1) is 0 Å². The first kappa shape index (κ1) is 16.8. The van der Waals surface area contributed by atoms with Crippen LogP contribution in [0.1, 0.15) is 23.7 Å². The van der Waals surface area contributed by atoms with E-state index in [1.54, 1.807) is 18.7 Å². The van der Waals surface area contributed by atoms with Crippen LogP contribution >= 0.6 is 11.8 Å². The summed E-state index contributed by atoms with van der Waals surface area (Å²) < 4.78 is 26.9.